The fourth-order valence-electron chi connectivity index (χ4n) is 3.76. The summed E-state index contributed by atoms with van der Waals surface area (Å²) in [6.45, 7) is 7.96. The number of pyridine rings is 1. The van der Waals surface area contributed by atoms with Crippen LogP contribution in [0.4, 0.5) is 0 Å². The maximum atomic E-state index is 6.04. The molecule has 0 amide bonds. The van der Waals surface area contributed by atoms with Crippen LogP contribution in [-0.2, 0) is 0 Å². The molecule has 0 aliphatic carbocycles. The molecule has 1 aliphatic heterocycles. The number of hydrogen-bond acceptors (Lipinski definition) is 4. The molecule has 4 nitrogen and oxygen atoms in total. The Labute approximate surface area is 201 Å². The molecule has 5 heteroatoms. The topological polar surface area (TPSA) is 34.6 Å². The molecule has 0 N–H and O–H groups in total. The lowest BCUT2D eigenvalue weighted by Crippen LogP contribution is -2.25. The van der Waals surface area contributed by atoms with Crippen molar-refractivity contribution in [2.45, 2.75) is 32.8 Å². The number of hydrogen-bond donors (Lipinski definition) is 0. The maximum absolute atomic E-state index is 6.04. The van der Waals surface area contributed by atoms with Crippen LogP contribution in [0.25, 0.3) is 11.1 Å². The highest BCUT2D eigenvalue weighted by Gasteiger charge is 2.13. The molecule has 2 aromatic carbocycles. The van der Waals surface area contributed by atoms with Crippen LogP contribution in [0.2, 0.25) is 5.02 Å². The Balaban J connectivity index is 1.44. The van der Waals surface area contributed by atoms with Crippen molar-refractivity contribution < 1.29 is 9.47 Å². The van der Waals surface area contributed by atoms with Gasteiger partial charge in [0.2, 0.25) is 0 Å². The number of ether oxygens (including phenoxy) is 2. The summed E-state index contributed by atoms with van der Waals surface area (Å²) < 4.78 is 12.0. The van der Waals surface area contributed by atoms with Crippen LogP contribution in [-0.4, -0.2) is 42.2 Å². The minimum Gasteiger partial charge on any atom is -0.488 e. The zero-order chi connectivity index (χ0) is 23.0. The van der Waals surface area contributed by atoms with Gasteiger partial charge in [-0.3, -0.25) is 4.90 Å². The Kier molecular flexibility index (Phi) is 7.88. The van der Waals surface area contributed by atoms with E-state index in [-0.39, 0.29) is 6.10 Å². The monoisotopic (exact) mass is 460 g/mol. The van der Waals surface area contributed by atoms with E-state index in [1.54, 1.807) is 0 Å². The summed E-state index contributed by atoms with van der Waals surface area (Å²) >= 11 is 5.97. The first-order valence-corrected chi connectivity index (χ1v) is 11.8. The lowest BCUT2D eigenvalue weighted by atomic mass is 10.1. The molecule has 0 spiro atoms. The number of likely N-dealkylation sites (tertiary alicyclic amines) is 1. The summed E-state index contributed by atoms with van der Waals surface area (Å²) in [4.78, 5) is 6.93. The Morgan fingerprint density at radius 1 is 0.939 bits per heavy atom. The first-order valence-electron chi connectivity index (χ1n) is 11.5. The van der Waals surface area contributed by atoms with Gasteiger partial charge in [0.15, 0.2) is 11.5 Å². The van der Waals surface area contributed by atoms with Gasteiger partial charge in [0.25, 0.3) is 0 Å². The third-order valence-corrected chi connectivity index (χ3v) is 5.70. The molecule has 0 radical (unpaired) electrons. The van der Waals surface area contributed by atoms with Gasteiger partial charge in [0.1, 0.15) is 12.3 Å². The lowest BCUT2D eigenvalue weighted by molar-refractivity contribution is 0.205. The molecule has 33 heavy (non-hydrogen) atoms. The van der Waals surface area contributed by atoms with Gasteiger partial charge in [-0.05, 0) is 87.7 Å². The van der Waals surface area contributed by atoms with Crippen LogP contribution in [0.5, 0.6) is 11.5 Å². The summed E-state index contributed by atoms with van der Waals surface area (Å²) in [6.07, 6.45) is 4.45. The summed E-state index contributed by atoms with van der Waals surface area (Å²) in [5.74, 6) is 7.83. The van der Waals surface area contributed by atoms with Gasteiger partial charge in [0, 0.05) is 28.9 Å². The summed E-state index contributed by atoms with van der Waals surface area (Å²) in [5, 5.41) is 0.720. The van der Waals surface area contributed by atoms with Gasteiger partial charge < -0.3 is 9.47 Å². The number of nitrogens with zero attached hydrogens (tertiary/aromatic N) is 2. The molecule has 170 valence electrons. The molecule has 2 heterocycles. The van der Waals surface area contributed by atoms with E-state index >= 15 is 0 Å². The Hall–Kier alpha value is -3.00. The number of halogens is 1. The minimum absolute atomic E-state index is 0.0521. The van der Waals surface area contributed by atoms with E-state index in [4.69, 9.17) is 21.1 Å². The van der Waals surface area contributed by atoms with Gasteiger partial charge in [-0.2, -0.15) is 0 Å². The number of aromatic nitrogens is 1. The standard InChI is InChI=1S/C28H29ClN2O2/c1-21(2)33-28-19-22(6-14-27(28)32-18-17-31-15-3-4-16-31)5-12-26-13-9-24(20-30-26)23-7-10-25(29)11-8-23/h6-11,13-14,19-21H,3-4,15-18H2,1-2H3. The summed E-state index contributed by atoms with van der Waals surface area (Å²) in [5.41, 5.74) is 3.67. The average Bonchev–Trinajstić information content (AvgIpc) is 3.33. The van der Waals surface area contributed by atoms with Gasteiger partial charge >= 0.3 is 0 Å². The quantitative estimate of drug-likeness (QED) is 0.401. The molecular weight excluding hydrogens is 432 g/mol. The normalized spacial score (nSPS) is 13.6. The molecule has 0 saturated carbocycles. The molecule has 0 bridgehead atoms. The third kappa shape index (κ3) is 6.74. The smallest absolute Gasteiger partial charge is 0.162 e. The van der Waals surface area contributed by atoms with Crippen LogP contribution >= 0.6 is 11.6 Å². The van der Waals surface area contributed by atoms with E-state index < -0.39 is 0 Å². The van der Waals surface area contributed by atoms with Crippen molar-refractivity contribution in [3.8, 4) is 34.5 Å². The van der Waals surface area contributed by atoms with E-state index in [1.807, 2.05) is 74.6 Å². The van der Waals surface area contributed by atoms with Gasteiger partial charge in [-0.15, -0.1) is 0 Å². The fourth-order valence-corrected chi connectivity index (χ4v) is 3.89. The summed E-state index contributed by atoms with van der Waals surface area (Å²) in [7, 11) is 0. The first-order chi connectivity index (χ1) is 16.1. The second-order valence-corrected chi connectivity index (χ2v) is 8.85. The number of benzene rings is 2. The first kappa shape index (κ1) is 23.2. The van der Waals surface area contributed by atoms with Gasteiger partial charge in [-0.1, -0.05) is 35.7 Å². The molecule has 3 aromatic rings. The molecule has 1 aliphatic rings. The largest absolute Gasteiger partial charge is 0.488 e. The van der Waals surface area contributed by atoms with E-state index in [0.29, 0.717) is 12.3 Å². The van der Waals surface area contributed by atoms with Gasteiger partial charge in [0.05, 0.1) is 6.10 Å². The Morgan fingerprint density at radius 2 is 1.70 bits per heavy atom. The highest BCUT2D eigenvalue weighted by atomic mass is 35.5. The predicted octanol–water partition coefficient (Wildman–Crippen LogP) is 6.06. The highest BCUT2D eigenvalue weighted by Crippen LogP contribution is 2.29. The van der Waals surface area contributed by atoms with E-state index in [2.05, 4.69) is 21.7 Å². The molecule has 1 aromatic heterocycles. The van der Waals surface area contributed by atoms with Crippen LogP contribution < -0.4 is 9.47 Å². The molecule has 0 unspecified atom stereocenters. The third-order valence-electron chi connectivity index (χ3n) is 5.45. The zero-order valence-electron chi connectivity index (χ0n) is 19.2. The average molecular weight is 461 g/mol. The minimum atomic E-state index is 0.0521. The highest BCUT2D eigenvalue weighted by molar-refractivity contribution is 6.30. The van der Waals surface area contributed by atoms with Crippen molar-refractivity contribution in [3.05, 3.63) is 77.1 Å². The second-order valence-electron chi connectivity index (χ2n) is 8.41. The maximum Gasteiger partial charge on any atom is 0.162 e. The van der Waals surface area contributed by atoms with Crippen molar-refractivity contribution in [1.82, 2.24) is 9.88 Å². The zero-order valence-corrected chi connectivity index (χ0v) is 19.9. The molecule has 1 saturated heterocycles. The molecular formula is C28H29ClN2O2. The lowest BCUT2D eigenvalue weighted by Gasteiger charge is -2.18. The second kappa shape index (κ2) is 11.2. The fraction of sp³-hybridized carbons (Fsp3) is 0.321. The van der Waals surface area contributed by atoms with E-state index in [0.717, 1.165) is 39.8 Å². The molecule has 1 fully saturated rings. The Morgan fingerprint density at radius 3 is 2.39 bits per heavy atom. The van der Waals surface area contributed by atoms with E-state index in [9.17, 15) is 0 Å². The Bertz CT molecular complexity index is 1110. The van der Waals surface area contributed by atoms with Crippen molar-refractivity contribution in [3.63, 3.8) is 0 Å². The molecule has 0 atom stereocenters. The van der Waals surface area contributed by atoms with Gasteiger partial charge in [-0.25, -0.2) is 4.98 Å². The van der Waals surface area contributed by atoms with Crippen LogP contribution in [0.15, 0.2) is 60.8 Å². The van der Waals surface area contributed by atoms with Crippen molar-refractivity contribution in [2.75, 3.05) is 26.2 Å². The predicted molar refractivity (Wildman–Crippen MR) is 134 cm³/mol. The van der Waals surface area contributed by atoms with Crippen LogP contribution in [0, 0.1) is 11.8 Å². The van der Waals surface area contributed by atoms with Crippen LogP contribution in [0.1, 0.15) is 37.9 Å². The van der Waals surface area contributed by atoms with E-state index in [1.165, 1.54) is 25.9 Å². The SMILES string of the molecule is CC(C)Oc1cc(C#Cc2ccc(-c3ccc(Cl)cc3)cn2)ccc1OCCN1CCCC1. The molecule has 4 rings (SSSR count). The van der Waals surface area contributed by atoms with Crippen LogP contribution in [0.3, 0.4) is 0 Å². The van der Waals surface area contributed by atoms with Crippen molar-refractivity contribution in [1.29, 1.82) is 0 Å². The number of rotatable bonds is 7. The summed E-state index contributed by atoms with van der Waals surface area (Å²) in [6, 6.07) is 17.5. The van der Waals surface area contributed by atoms with Crippen molar-refractivity contribution >= 4 is 11.6 Å². The van der Waals surface area contributed by atoms with Crippen molar-refractivity contribution in [2.24, 2.45) is 0 Å².